The molecule has 1 amide bonds. The maximum absolute atomic E-state index is 12.1. The van der Waals surface area contributed by atoms with Crippen molar-refractivity contribution in [1.29, 1.82) is 0 Å². The molecule has 2 rings (SSSR count). The van der Waals surface area contributed by atoms with E-state index in [1.807, 2.05) is 18.7 Å². The molecule has 0 saturated carbocycles. The summed E-state index contributed by atoms with van der Waals surface area (Å²) in [5.74, 6) is 0.0819. The van der Waals surface area contributed by atoms with Crippen molar-refractivity contribution in [3.63, 3.8) is 0 Å². The van der Waals surface area contributed by atoms with Crippen LogP contribution in [0.1, 0.15) is 24.3 Å². The molecule has 0 bridgehead atoms. The minimum Gasteiger partial charge on any atom is -0.359 e. The highest BCUT2D eigenvalue weighted by Gasteiger charge is 2.41. The van der Waals surface area contributed by atoms with Crippen LogP contribution in [0.5, 0.6) is 0 Å². The van der Waals surface area contributed by atoms with Gasteiger partial charge in [-0.3, -0.25) is 14.5 Å². The van der Waals surface area contributed by atoms with E-state index in [0.717, 1.165) is 6.54 Å². The standard InChI is InChI=1S/C13H19N3O2/c1-13(2)12(18)15(3)7-8-16(13)9-11(17)10-5-4-6-14-10/h4-6,14H,7-9H2,1-3H3. The third-order valence-electron chi connectivity index (χ3n) is 3.60. The number of rotatable bonds is 3. The minimum absolute atomic E-state index is 0.0189. The van der Waals surface area contributed by atoms with Crippen LogP contribution in [0.4, 0.5) is 0 Å². The molecule has 5 heteroatoms. The highest BCUT2D eigenvalue weighted by atomic mass is 16.2. The maximum atomic E-state index is 12.1. The summed E-state index contributed by atoms with van der Waals surface area (Å²) in [5, 5.41) is 0. The van der Waals surface area contributed by atoms with E-state index in [1.54, 1.807) is 30.3 Å². The van der Waals surface area contributed by atoms with Crippen molar-refractivity contribution in [3.05, 3.63) is 24.0 Å². The highest BCUT2D eigenvalue weighted by Crippen LogP contribution is 2.21. The number of aromatic amines is 1. The molecule has 0 atom stereocenters. The number of likely N-dealkylation sites (N-methyl/N-ethyl adjacent to an activating group) is 1. The molecule has 1 saturated heterocycles. The first-order valence-corrected chi connectivity index (χ1v) is 6.10. The van der Waals surface area contributed by atoms with Crippen molar-refractivity contribution in [3.8, 4) is 0 Å². The predicted molar refractivity (Wildman–Crippen MR) is 68.4 cm³/mol. The van der Waals surface area contributed by atoms with Gasteiger partial charge in [-0.2, -0.15) is 0 Å². The number of piperazine rings is 1. The van der Waals surface area contributed by atoms with Crippen LogP contribution in [0.2, 0.25) is 0 Å². The minimum atomic E-state index is -0.616. The van der Waals surface area contributed by atoms with Crippen LogP contribution in [0, 0.1) is 0 Å². The fourth-order valence-corrected chi connectivity index (χ4v) is 2.29. The molecule has 1 aromatic heterocycles. The van der Waals surface area contributed by atoms with Crippen molar-refractivity contribution >= 4 is 11.7 Å². The van der Waals surface area contributed by atoms with Crippen LogP contribution in [-0.4, -0.2) is 58.7 Å². The van der Waals surface area contributed by atoms with E-state index in [9.17, 15) is 9.59 Å². The van der Waals surface area contributed by atoms with Crippen molar-refractivity contribution < 1.29 is 9.59 Å². The second kappa shape index (κ2) is 4.57. The van der Waals surface area contributed by atoms with Crippen LogP contribution < -0.4 is 0 Å². The van der Waals surface area contributed by atoms with Gasteiger partial charge in [0, 0.05) is 26.3 Å². The van der Waals surface area contributed by atoms with Gasteiger partial charge < -0.3 is 9.88 Å². The third kappa shape index (κ3) is 2.18. The van der Waals surface area contributed by atoms with E-state index >= 15 is 0 Å². The summed E-state index contributed by atoms with van der Waals surface area (Å²) in [5.41, 5.74) is -0.0212. The van der Waals surface area contributed by atoms with Gasteiger partial charge >= 0.3 is 0 Å². The molecule has 1 aliphatic heterocycles. The lowest BCUT2D eigenvalue weighted by atomic mass is 9.97. The van der Waals surface area contributed by atoms with E-state index in [1.165, 1.54) is 0 Å². The van der Waals surface area contributed by atoms with Crippen molar-refractivity contribution in [1.82, 2.24) is 14.8 Å². The van der Waals surface area contributed by atoms with E-state index in [4.69, 9.17) is 0 Å². The fourth-order valence-electron chi connectivity index (χ4n) is 2.29. The Morgan fingerprint density at radius 2 is 2.17 bits per heavy atom. The SMILES string of the molecule is CN1CCN(CC(=O)c2ccc[nH]2)C(C)(C)C1=O. The molecule has 2 heterocycles. The number of carbonyl (C=O) groups is 2. The summed E-state index contributed by atoms with van der Waals surface area (Å²) in [6.07, 6.45) is 1.73. The average Bonchev–Trinajstić information content (AvgIpc) is 2.84. The second-order valence-electron chi connectivity index (χ2n) is 5.21. The zero-order chi connectivity index (χ0) is 13.3. The number of amides is 1. The maximum Gasteiger partial charge on any atom is 0.242 e. The number of Topliss-reactive ketones (excluding diaryl/α,β-unsaturated/α-hetero) is 1. The molecule has 0 unspecified atom stereocenters. The zero-order valence-corrected chi connectivity index (χ0v) is 11.1. The van der Waals surface area contributed by atoms with Crippen molar-refractivity contribution in [2.45, 2.75) is 19.4 Å². The number of hydrogen-bond acceptors (Lipinski definition) is 3. The Labute approximate surface area is 107 Å². The summed E-state index contributed by atoms with van der Waals surface area (Å²) in [6, 6.07) is 3.56. The van der Waals surface area contributed by atoms with Crippen LogP contribution in [-0.2, 0) is 4.79 Å². The monoisotopic (exact) mass is 249 g/mol. The normalized spacial score (nSPS) is 20.2. The Kier molecular flexibility index (Phi) is 3.26. The number of nitrogens with one attached hydrogen (secondary N) is 1. The number of aromatic nitrogens is 1. The van der Waals surface area contributed by atoms with E-state index < -0.39 is 5.54 Å². The molecule has 5 nitrogen and oxygen atoms in total. The van der Waals surface area contributed by atoms with Gasteiger partial charge in [-0.15, -0.1) is 0 Å². The molecule has 0 radical (unpaired) electrons. The summed E-state index contributed by atoms with van der Waals surface area (Å²) in [7, 11) is 1.80. The van der Waals surface area contributed by atoms with Crippen LogP contribution in [0.25, 0.3) is 0 Å². The van der Waals surface area contributed by atoms with E-state index in [0.29, 0.717) is 12.2 Å². The van der Waals surface area contributed by atoms with Gasteiger partial charge in [0.25, 0.3) is 0 Å². The molecule has 0 aliphatic carbocycles. The topological polar surface area (TPSA) is 56.4 Å². The molecule has 1 N–H and O–H groups in total. The van der Waals surface area contributed by atoms with Gasteiger partial charge in [0.15, 0.2) is 5.78 Å². The molecule has 1 aliphatic rings. The number of carbonyl (C=O) groups excluding carboxylic acids is 2. The zero-order valence-electron chi connectivity index (χ0n) is 11.1. The quantitative estimate of drug-likeness (QED) is 0.804. The molecule has 1 fully saturated rings. The molecular weight excluding hydrogens is 230 g/mol. The number of ketones is 1. The Hall–Kier alpha value is -1.62. The van der Waals surface area contributed by atoms with Crippen LogP contribution in [0.3, 0.4) is 0 Å². The van der Waals surface area contributed by atoms with E-state index in [2.05, 4.69) is 4.98 Å². The molecule has 0 aromatic carbocycles. The Bertz CT molecular complexity index is 451. The molecule has 0 spiro atoms. The third-order valence-corrected chi connectivity index (χ3v) is 3.60. The van der Waals surface area contributed by atoms with Crippen LogP contribution in [0.15, 0.2) is 18.3 Å². The number of H-pyrrole nitrogens is 1. The first-order chi connectivity index (χ1) is 8.43. The summed E-state index contributed by atoms with van der Waals surface area (Å²) < 4.78 is 0. The predicted octanol–water partition coefficient (Wildman–Crippen LogP) is 0.750. The molecule has 98 valence electrons. The number of nitrogens with zero attached hydrogens (tertiary/aromatic N) is 2. The van der Waals surface area contributed by atoms with Gasteiger partial charge in [0.2, 0.25) is 5.91 Å². The first-order valence-electron chi connectivity index (χ1n) is 6.10. The molecule has 1 aromatic rings. The van der Waals surface area contributed by atoms with Gasteiger partial charge in [-0.25, -0.2) is 0 Å². The Balaban J connectivity index is 2.10. The second-order valence-corrected chi connectivity index (χ2v) is 5.21. The largest absolute Gasteiger partial charge is 0.359 e. The fraction of sp³-hybridized carbons (Fsp3) is 0.538. The number of hydrogen-bond donors (Lipinski definition) is 1. The van der Waals surface area contributed by atoms with Crippen molar-refractivity contribution in [2.75, 3.05) is 26.7 Å². The Morgan fingerprint density at radius 3 is 2.78 bits per heavy atom. The van der Waals surface area contributed by atoms with Gasteiger partial charge in [-0.05, 0) is 26.0 Å². The van der Waals surface area contributed by atoms with Gasteiger partial charge in [0.1, 0.15) is 0 Å². The lowest BCUT2D eigenvalue weighted by Gasteiger charge is -2.44. The highest BCUT2D eigenvalue weighted by molar-refractivity contribution is 5.96. The Morgan fingerprint density at radius 1 is 1.44 bits per heavy atom. The summed E-state index contributed by atoms with van der Waals surface area (Å²) in [4.78, 5) is 30.7. The first kappa shape index (κ1) is 12.8. The van der Waals surface area contributed by atoms with Crippen LogP contribution >= 0.6 is 0 Å². The van der Waals surface area contributed by atoms with E-state index in [-0.39, 0.29) is 18.2 Å². The lowest BCUT2D eigenvalue weighted by molar-refractivity contribution is -0.146. The molecule has 18 heavy (non-hydrogen) atoms. The van der Waals surface area contributed by atoms with Gasteiger partial charge in [-0.1, -0.05) is 0 Å². The smallest absolute Gasteiger partial charge is 0.242 e. The van der Waals surface area contributed by atoms with Crippen molar-refractivity contribution in [2.24, 2.45) is 0 Å². The summed E-state index contributed by atoms with van der Waals surface area (Å²) in [6.45, 7) is 5.40. The average molecular weight is 249 g/mol. The van der Waals surface area contributed by atoms with Gasteiger partial charge in [0.05, 0.1) is 17.8 Å². The molecular formula is C13H19N3O2. The lowest BCUT2D eigenvalue weighted by Crippen LogP contribution is -2.62. The summed E-state index contributed by atoms with van der Waals surface area (Å²) >= 11 is 0.